The van der Waals surface area contributed by atoms with Gasteiger partial charge in [0.25, 0.3) is 0 Å². The van der Waals surface area contributed by atoms with Crippen molar-refractivity contribution >= 4 is 11.7 Å². The Bertz CT molecular complexity index is 585. The predicted molar refractivity (Wildman–Crippen MR) is 85.4 cm³/mol. The minimum atomic E-state index is -0.848. The molecule has 2 rings (SSSR count). The Morgan fingerprint density at radius 2 is 1.67 bits per heavy atom. The second kappa shape index (κ2) is 5.28. The first-order chi connectivity index (χ1) is 9.63. The SMILES string of the molecule is CC1(C)CCC(C)(C)c2cc(C(=N)CCC(=O)O)ccc21. The van der Waals surface area contributed by atoms with Crippen molar-refractivity contribution in [1.82, 2.24) is 0 Å². The Morgan fingerprint density at radius 1 is 1.10 bits per heavy atom. The molecule has 0 heterocycles. The summed E-state index contributed by atoms with van der Waals surface area (Å²) in [6.07, 6.45) is 2.62. The summed E-state index contributed by atoms with van der Waals surface area (Å²) in [7, 11) is 0. The molecule has 0 unspecified atom stereocenters. The first kappa shape index (κ1) is 15.7. The first-order valence-electron chi connectivity index (χ1n) is 7.58. The maximum absolute atomic E-state index is 10.7. The maximum Gasteiger partial charge on any atom is 0.303 e. The molecule has 0 radical (unpaired) electrons. The van der Waals surface area contributed by atoms with E-state index in [2.05, 4.69) is 39.8 Å². The standard InChI is InChI=1S/C18H25NO2/c1-17(2)9-10-18(3,4)14-11-12(5-6-13(14)17)15(19)7-8-16(20)21/h5-6,11,19H,7-10H2,1-4H3,(H,20,21). The normalized spacial score (nSPS) is 18.9. The number of carboxylic acid groups (broad SMARTS) is 1. The number of carbonyl (C=O) groups is 1. The van der Waals surface area contributed by atoms with E-state index in [1.54, 1.807) is 0 Å². The van der Waals surface area contributed by atoms with Crippen LogP contribution in [0.4, 0.5) is 0 Å². The van der Waals surface area contributed by atoms with E-state index >= 15 is 0 Å². The van der Waals surface area contributed by atoms with Gasteiger partial charge in [-0.3, -0.25) is 4.79 Å². The lowest BCUT2D eigenvalue weighted by Crippen LogP contribution is -2.34. The van der Waals surface area contributed by atoms with Crippen LogP contribution in [0.5, 0.6) is 0 Å². The molecule has 3 nitrogen and oxygen atoms in total. The van der Waals surface area contributed by atoms with Gasteiger partial charge in [-0.25, -0.2) is 0 Å². The molecule has 0 amide bonds. The minimum absolute atomic E-state index is 0.0187. The fourth-order valence-corrected chi connectivity index (χ4v) is 3.15. The molecule has 2 N–H and O–H groups in total. The Kier molecular flexibility index (Phi) is 3.96. The third-order valence-corrected chi connectivity index (χ3v) is 4.79. The van der Waals surface area contributed by atoms with Crippen LogP contribution in [-0.2, 0) is 15.6 Å². The lowest BCUT2D eigenvalue weighted by atomic mass is 9.63. The highest BCUT2D eigenvalue weighted by molar-refractivity contribution is 5.99. The molecule has 0 saturated heterocycles. The summed E-state index contributed by atoms with van der Waals surface area (Å²) >= 11 is 0. The summed E-state index contributed by atoms with van der Waals surface area (Å²) in [5.74, 6) is -0.848. The minimum Gasteiger partial charge on any atom is -0.481 e. The molecule has 0 spiro atoms. The summed E-state index contributed by atoms with van der Waals surface area (Å²) in [6, 6.07) is 6.23. The summed E-state index contributed by atoms with van der Waals surface area (Å²) in [5.41, 5.74) is 4.26. The largest absolute Gasteiger partial charge is 0.481 e. The van der Waals surface area contributed by atoms with Gasteiger partial charge in [0.05, 0.1) is 6.42 Å². The maximum atomic E-state index is 10.7. The van der Waals surface area contributed by atoms with Crippen LogP contribution in [0, 0.1) is 5.41 Å². The molecule has 0 fully saturated rings. The highest BCUT2D eigenvalue weighted by Crippen LogP contribution is 2.45. The zero-order valence-electron chi connectivity index (χ0n) is 13.4. The molecule has 0 saturated carbocycles. The lowest BCUT2D eigenvalue weighted by Gasteiger charge is -2.42. The highest BCUT2D eigenvalue weighted by atomic mass is 16.4. The zero-order chi connectivity index (χ0) is 15.8. The molecular formula is C18H25NO2. The molecule has 114 valence electrons. The van der Waals surface area contributed by atoms with Gasteiger partial charge < -0.3 is 10.5 Å². The van der Waals surface area contributed by atoms with Gasteiger partial charge in [0.1, 0.15) is 0 Å². The molecule has 0 bridgehead atoms. The number of benzene rings is 1. The third kappa shape index (κ3) is 3.17. The van der Waals surface area contributed by atoms with E-state index in [9.17, 15) is 4.79 Å². The van der Waals surface area contributed by atoms with Crippen LogP contribution in [0.25, 0.3) is 0 Å². The van der Waals surface area contributed by atoms with E-state index in [0.717, 1.165) is 12.0 Å². The van der Waals surface area contributed by atoms with E-state index < -0.39 is 5.97 Å². The van der Waals surface area contributed by atoms with Crippen LogP contribution in [0.2, 0.25) is 0 Å². The number of fused-ring (bicyclic) bond motifs is 1. The fourth-order valence-electron chi connectivity index (χ4n) is 3.15. The molecule has 1 aromatic carbocycles. The second-order valence-corrected chi connectivity index (χ2v) is 7.40. The lowest BCUT2D eigenvalue weighted by molar-refractivity contribution is -0.136. The molecule has 1 aromatic rings. The van der Waals surface area contributed by atoms with Crippen LogP contribution < -0.4 is 0 Å². The Balaban J connectivity index is 2.37. The highest BCUT2D eigenvalue weighted by Gasteiger charge is 2.37. The van der Waals surface area contributed by atoms with Gasteiger partial charge in [0.15, 0.2) is 0 Å². The molecule has 3 heteroatoms. The van der Waals surface area contributed by atoms with Crippen molar-refractivity contribution in [2.45, 2.75) is 64.2 Å². The van der Waals surface area contributed by atoms with E-state index in [1.807, 2.05) is 6.07 Å². The van der Waals surface area contributed by atoms with Crippen molar-refractivity contribution in [3.8, 4) is 0 Å². The van der Waals surface area contributed by atoms with E-state index in [4.69, 9.17) is 10.5 Å². The average Bonchev–Trinajstić information content (AvgIpc) is 2.41. The quantitative estimate of drug-likeness (QED) is 0.812. The Labute approximate surface area is 126 Å². The number of aliphatic carboxylic acids is 1. The average molecular weight is 287 g/mol. The molecular weight excluding hydrogens is 262 g/mol. The first-order valence-corrected chi connectivity index (χ1v) is 7.58. The van der Waals surface area contributed by atoms with Crippen LogP contribution in [0.3, 0.4) is 0 Å². The molecule has 0 aliphatic heterocycles. The Hall–Kier alpha value is -1.64. The van der Waals surface area contributed by atoms with Crippen molar-refractivity contribution < 1.29 is 9.90 Å². The fraction of sp³-hybridized carbons (Fsp3) is 0.556. The number of carboxylic acids is 1. The second-order valence-electron chi connectivity index (χ2n) is 7.40. The van der Waals surface area contributed by atoms with Gasteiger partial charge in [0, 0.05) is 5.71 Å². The van der Waals surface area contributed by atoms with Crippen LogP contribution in [0.15, 0.2) is 18.2 Å². The van der Waals surface area contributed by atoms with Crippen molar-refractivity contribution in [2.24, 2.45) is 0 Å². The molecule has 0 aromatic heterocycles. The number of hydrogen-bond acceptors (Lipinski definition) is 2. The van der Waals surface area contributed by atoms with Gasteiger partial charge in [0.2, 0.25) is 0 Å². The predicted octanol–water partition coefficient (Wildman–Crippen LogP) is 4.27. The van der Waals surface area contributed by atoms with Crippen LogP contribution in [0.1, 0.15) is 70.1 Å². The van der Waals surface area contributed by atoms with Crippen molar-refractivity contribution in [1.29, 1.82) is 5.41 Å². The van der Waals surface area contributed by atoms with Gasteiger partial charge in [-0.05, 0) is 52.8 Å². The molecule has 1 aliphatic carbocycles. The summed E-state index contributed by atoms with van der Waals surface area (Å²) in [6.45, 7) is 9.06. The third-order valence-electron chi connectivity index (χ3n) is 4.79. The number of rotatable bonds is 4. The monoisotopic (exact) mass is 287 g/mol. The van der Waals surface area contributed by atoms with E-state index in [-0.39, 0.29) is 23.7 Å². The topological polar surface area (TPSA) is 61.2 Å². The van der Waals surface area contributed by atoms with Gasteiger partial charge >= 0.3 is 5.97 Å². The van der Waals surface area contributed by atoms with Gasteiger partial charge in [-0.1, -0.05) is 39.8 Å². The summed E-state index contributed by atoms with van der Waals surface area (Å²) < 4.78 is 0. The number of nitrogens with one attached hydrogen (secondary N) is 1. The van der Waals surface area contributed by atoms with Crippen molar-refractivity contribution in [2.75, 3.05) is 0 Å². The van der Waals surface area contributed by atoms with Crippen molar-refractivity contribution in [3.63, 3.8) is 0 Å². The van der Waals surface area contributed by atoms with E-state index in [0.29, 0.717) is 5.71 Å². The molecule has 21 heavy (non-hydrogen) atoms. The Morgan fingerprint density at radius 3 is 2.24 bits per heavy atom. The molecule has 0 atom stereocenters. The van der Waals surface area contributed by atoms with Crippen LogP contribution in [-0.4, -0.2) is 16.8 Å². The summed E-state index contributed by atoms with van der Waals surface area (Å²) in [4.78, 5) is 10.7. The van der Waals surface area contributed by atoms with Crippen LogP contribution >= 0.6 is 0 Å². The molecule has 1 aliphatic rings. The number of hydrogen-bond donors (Lipinski definition) is 2. The van der Waals surface area contributed by atoms with Crippen molar-refractivity contribution in [3.05, 3.63) is 34.9 Å². The van der Waals surface area contributed by atoms with Gasteiger partial charge in [-0.15, -0.1) is 0 Å². The summed E-state index contributed by atoms with van der Waals surface area (Å²) in [5, 5.41) is 16.9. The smallest absolute Gasteiger partial charge is 0.303 e. The van der Waals surface area contributed by atoms with Gasteiger partial charge in [-0.2, -0.15) is 0 Å². The zero-order valence-corrected chi connectivity index (χ0v) is 13.4. The van der Waals surface area contributed by atoms with E-state index in [1.165, 1.54) is 17.5 Å².